The van der Waals surface area contributed by atoms with Crippen LogP contribution >= 0.6 is 0 Å². The van der Waals surface area contributed by atoms with Crippen LogP contribution in [0.15, 0.2) is 12.2 Å². The molecule has 0 saturated heterocycles. The van der Waals surface area contributed by atoms with E-state index in [9.17, 15) is 13.2 Å². The number of nitrogens with zero attached hydrogens (tertiary/aromatic N) is 1. The van der Waals surface area contributed by atoms with Crippen LogP contribution in [0.25, 0.3) is 0 Å². The first kappa shape index (κ1) is 16.1. The van der Waals surface area contributed by atoms with E-state index in [0.29, 0.717) is 26.1 Å². The summed E-state index contributed by atoms with van der Waals surface area (Å²) in [6, 6.07) is 0. The van der Waals surface area contributed by atoms with Crippen molar-refractivity contribution in [3.8, 4) is 0 Å². The largest absolute Gasteiger partial charge is 0.478 e. The quantitative estimate of drug-likeness (QED) is 0.448. The van der Waals surface area contributed by atoms with Crippen molar-refractivity contribution in [2.45, 2.75) is 13.3 Å². The summed E-state index contributed by atoms with van der Waals surface area (Å²) in [5, 5.41) is 11.4. The normalized spacial score (nSPS) is 11.7. The Kier molecular flexibility index (Phi) is 7.01. The van der Waals surface area contributed by atoms with Crippen LogP contribution < -0.4 is 5.32 Å². The molecule has 0 amide bonds. The molecule has 2 N–H and O–H groups in total. The topological polar surface area (TPSA) is 86.7 Å². The Morgan fingerprint density at radius 2 is 2.06 bits per heavy atom. The summed E-state index contributed by atoms with van der Waals surface area (Å²) >= 11 is 0. The van der Waals surface area contributed by atoms with Crippen LogP contribution in [0.2, 0.25) is 0 Å². The van der Waals surface area contributed by atoms with Gasteiger partial charge in [-0.1, -0.05) is 13.5 Å². The third-order valence-electron chi connectivity index (χ3n) is 2.22. The molecule has 0 unspecified atom stereocenters. The zero-order chi connectivity index (χ0) is 13.5. The first-order valence-electron chi connectivity index (χ1n) is 5.36. The van der Waals surface area contributed by atoms with E-state index in [1.807, 2.05) is 0 Å². The maximum Gasteiger partial charge on any atom is 0.332 e. The van der Waals surface area contributed by atoms with Crippen LogP contribution in [0, 0.1) is 0 Å². The van der Waals surface area contributed by atoms with Gasteiger partial charge in [0, 0.05) is 25.2 Å². The van der Waals surface area contributed by atoms with E-state index in [-0.39, 0.29) is 12.1 Å². The summed E-state index contributed by atoms with van der Waals surface area (Å²) in [4.78, 5) is 10.4. The van der Waals surface area contributed by atoms with Crippen LogP contribution in [0.4, 0.5) is 0 Å². The zero-order valence-corrected chi connectivity index (χ0v) is 11.1. The molecule has 0 bridgehead atoms. The van der Waals surface area contributed by atoms with Crippen molar-refractivity contribution in [1.29, 1.82) is 0 Å². The van der Waals surface area contributed by atoms with Gasteiger partial charge in [0.1, 0.15) is 0 Å². The van der Waals surface area contributed by atoms with Crippen molar-refractivity contribution in [2.24, 2.45) is 0 Å². The highest BCUT2D eigenvalue weighted by molar-refractivity contribution is 7.88. The minimum atomic E-state index is -3.14. The second-order valence-corrected chi connectivity index (χ2v) is 5.68. The van der Waals surface area contributed by atoms with Crippen molar-refractivity contribution >= 4 is 16.0 Å². The Hall–Kier alpha value is -0.920. The van der Waals surface area contributed by atoms with Gasteiger partial charge in [-0.3, -0.25) is 0 Å². The number of carbonyl (C=O) groups is 1. The SMILES string of the molecule is C=C(CNCCCN(CC)S(C)(=O)=O)C(=O)O. The van der Waals surface area contributed by atoms with E-state index in [4.69, 9.17) is 5.11 Å². The first-order valence-corrected chi connectivity index (χ1v) is 7.20. The molecule has 0 spiro atoms. The van der Waals surface area contributed by atoms with Gasteiger partial charge in [0.15, 0.2) is 0 Å². The molecule has 6 nitrogen and oxygen atoms in total. The van der Waals surface area contributed by atoms with E-state index in [2.05, 4.69) is 11.9 Å². The lowest BCUT2D eigenvalue weighted by Crippen LogP contribution is -2.32. The van der Waals surface area contributed by atoms with E-state index in [1.54, 1.807) is 6.92 Å². The first-order chi connectivity index (χ1) is 7.79. The molecular weight excluding hydrogens is 244 g/mol. The number of nitrogens with one attached hydrogen (secondary N) is 1. The maximum absolute atomic E-state index is 11.2. The highest BCUT2D eigenvalue weighted by Gasteiger charge is 2.13. The Morgan fingerprint density at radius 1 is 1.47 bits per heavy atom. The molecule has 0 atom stereocenters. The van der Waals surface area contributed by atoms with Crippen molar-refractivity contribution in [3.63, 3.8) is 0 Å². The van der Waals surface area contributed by atoms with Crippen LogP contribution in [-0.4, -0.2) is 56.2 Å². The predicted octanol–water partition coefficient (Wildman–Crippen LogP) is -0.112. The van der Waals surface area contributed by atoms with E-state index in [0.717, 1.165) is 0 Å². The molecule has 0 aliphatic rings. The predicted molar refractivity (Wildman–Crippen MR) is 66.4 cm³/mol. The maximum atomic E-state index is 11.2. The lowest BCUT2D eigenvalue weighted by Gasteiger charge is -2.17. The Bertz CT molecular complexity index is 365. The molecule has 0 saturated carbocycles. The number of hydrogen-bond donors (Lipinski definition) is 2. The van der Waals surface area contributed by atoms with Gasteiger partial charge in [0.2, 0.25) is 10.0 Å². The van der Waals surface area contributed by atoms with Crippen molar-refractivity contribution in [1.82, 2.24) is 9.62 Å². The summed E-state index contributed by atoms with van der Waals surface area (Å²) in [6.07, 6.45) is 1.81. The molecule has 100 valence electrons. The smallest absolute Gasteiger partial charge is 0.332 e. The highest BCUT2D eigenvalue weighted by atomic mass is 32.2. The Labute approximate surface area is 102 Å². The van der Waals surface area contributed by atoms with E-state index < -0.39 is 16.0 Å². The van der Waals surface area contributed by atoms with Gasteiger partial charge in [-0.05, 0) is 13.0 Å². The fourth-order valence-corrected chi connectivity index (χ4v) is 2.18. The average Bonchev–Trinajstić information content (AvgIpc) is 2.20. The zero-order valence-electron chi connectivity index (χ0n) is 10.3. The van der Waals surface area contributed by atoms with Crippen LogP contribution in [-0.2, 0) is 14.8 Å². The van der Waals surface area contributed by atoms with Gasteiger partial charge < -0.3 is 10.4 Å². The summed E-state index contributed by atoms with van der Waals surface area (Å²) in [7, 11) is -3.14. The molecular formula is C10H20N2O4S. The molecule has 0 aliphatic carbocycles. The number of hydrogen-bond acceptors (Lipinski definition) is 4. The average molecular weight is 264 g/mol. The number of carboxylic acid groups (broad SMARTS) is 1. The third-order valence-corrected chi connectivity index (χ3v) is 3.60. The molecule has 0 rings (SSSR count). The monoisotopic (exact) mass is 264 g/mol. The van der Waals surface area contributed by atoms with Gasteiger partial charge in [0.25, 0.3) is 0 Å². The number of sulfonamides is 1. The summed E-state index contributed by atoms with van der Waals surface area (Å²) in [5.74, 6) is -1.02. The third kappa shape index (κ3) is 7.09. The summed E-state index contributed by atoms with van der Waals surface area (Å²) < 4.78 is 23.9. The molecule has 7 heteroatoms. The molecule has 0 aliphatic heterocycles. The van der Waals surface area contributed by atoms with Gasteiger partial charge in [-0.2, -0.15) is 0 Å². The van der Waals surface area contributed by atoms with Crippen molar-refractivity contribution in [3.05, 3.63) is 12.2 Å². The summed E-state index contributed by atoms with van der Waals surface area (Å²) in [5.41, 5.74) is 0.0976. The molecule has 17 heavy (non-hydrogen) atoms. The fraction of sp³-hybridized carbons (Fsp3) is 0.700. The van der Waals surface area contributed by atoms with Gasteiger partial charge in [-0.25, -0.2) is 17.5 Å². The van der Waals surface area contributed by atoms with Crippen LogP contribution in [0.3, 0.4) is 0 Å². The number of aliphatic carboxylic acids is 1. The Morgan fingerprint density at radius 3 is 2.47 bits per heavy atom. The fourth-order valence-electron chi connectivity index (χ4n) is 1.25. The molecule has 0 radical (unpaired) electrons. The van der Waals surface area contributed by atoms with E-state index in [1.165, 1.54) is 10.6 Å². The summed E-state index contributed by atoms with van der Waals surface area (Å²) in [6.45, 7) is 6.79. The minimum Gasteiger partial charge on any atom is -0.478 e. The Balaban J connectivity index is 3.78. The van der Waals surface area contributed by atoms with Crippen LogP contribution in [0.5, 0.6) is 0 Å². The van der Waals surface area contributed by atoms with Gasteiger partial charge >= 0.3 is 5.97 Å². The number of rotatable bonds is 9. The lowest BCUT2D eigenvalue weighted by molar-refractivity contribution is -0.132. The van der Waals surface area contributed by atoms with Crippen molar-refractivity contribution < 1.29 is 18.3 Å². The highest BCUT2D eigenvalue weighted by Crippen LogP contribution is 1.98. The second kappa shape index (κ2) is 7.41. The molecule has 0 heterocycles. The van der Waals surface area contributed by atoms with E-state index >= 15 is 0 Å². The molecule has 0 aromatic rings. The minimum absolute atomic E-state index is 0.0976. The standard InChI is InChI=1S/C10H20N2O4S/c1-4-12(17(3,15)16)7-5-6-11-8-9(2)10(13)14/h11H,2,4-8H2,1,3H3,(H,13,14). The van der Waals surface area contributed by atoms with Crippen molar-refractivity contribution in [2.75, 3.05) is 32.4 Å². The van der Waals surface area contributed by atoms with Gasteiger partial charge in [-0.15, -0.1) is 0 Å². The van der Waals surface area contributed by atoms with Crippen LogP contribution in [0.1, 0.15) is 13.3 Å². The van der Waals surface area contributed by atoms with Gasteiger partial charge in [0.05, 0.1) is 6.26 Å². The molecule has 0 fully saturated rings. The number of carboxylic acids is 1. The lowest BCUT2D eigenvalue weighted by atomic mass is 10.3. The second-order valence-electron chi connectivity index (χ2n) is 3.69. The molecule has 0 aromatic heterocycles. The molecule has 0 aromatic carbocycles.